The predicted octanol–water partition coefficient (Wildman–Crippen LogP) is 1.63. The zero-order valence-corrected chi connectivity index (χ0v) is 12.7. The molecule has 0 bridgehead atoms. The lowest BCUT2D eigenvalue weighted by Gasteiger charge is -2.30. The molecule has 2 rings (SSSR count). The number of carbonyl (C=O) groups excluding carboxylic acids is 2. The van der Waals surface area contributed by atoms with Crippen LogP contribution in [-0.4, -0.2) is 42.5 Å². The van der Waals surface area contributed by atoms with E-state index in [4.69, 9.17) is 4.74 Å². The minimum absolute atomic E-state index is 0.0933. The molecule has 1 aromatic carbocycles. The van der Waals surface area contributed by atoms with Gasteiger partial charge in [0.1, 0.15) is 19.0 Å². The quantitative estimate of drug-likeness (QED) is 0.866. The number of ether oxygens (including phenoxy) is 1. The third kappa shape index (κ3) is 4.21. The summed E-state index contributed by atoms with van der Waals surface area (Å²) in [5, 5.41) is 4.02. The van der Waals surface area contributed by atoms with E-state index >= 15 is 0 Å². The fraction of sp³-hybridized carbons (Fsp3) is 0.400. The molecule has 7 heteroatoms. The topological polar surface area (TPSA) is 83.0 Å². The van der Waals surface area contributed by atoms with Gasteiger partial charge in [-0.1, -0.05) is 32.0 Å². The van der Waals surface area contributed by atoms with Crippen LogP contribution < -0.4 is 10.7 Å². The van der Waals surface area contributed by atoms with Crippen LogP contribution in [0.15, 0.2) is 35.3 Å². The Morgan fingerprint density at radius 1 is 1.41 bits per heavy atom. The van der Waals surface area contributed by atoms with Crippen molar-refractivity contribution in [3.05, 3.63) is 30.3 Å². The first-order valence-electron chi connectivity index (χ1n) is 7.16. The summed E-state index contributed by atoms with van der Waals surface area (Å²) in [7, 11) is 0. The number of amides is 2. The molecule has 22 heavy (non-hydrogen) atoms. The van der Waals surface area contributed by atoms with E-state index in [0.717, 1.165) is 0 Å². The average molecular weight is 304 g/mol. The highest BCUT2D eigenvalue weighted by Crippen LogP contribution is 2.11. The molecule has 2 N–H and O–H groups in total. The van der Waals surface area contributed by atoms with Crippen molar-refractivity contribution in [1.29, 1.82) is 0 Å². The Hall–Kier alpha value is -2.57. The van der Waals surface area contributed by atoms with Crippen molar-refractivity contribution in [2.75, 3.05) is 18.5 Å². The number of rotatable bonds is 5. The number of hydrogen-bond donors (Lipinski definition) is 2. The molecule has 0 aromatic heterocycles. The van der Waals surface area contributed by atoms with Gasteiger partial charge in [-0.15, -0.1) is 0 Å². The maximum absolute atomic E-state index is 12.1. The number of anilines is 1. The zero-order valence-electron chi connectivity index (χ0n) is 12.7. The molecule has 1 atom stereocenters. The Kier molecular flexibility index (Phi) is 5.35. The molecule has 1 unspecified atom stereocenters. The first kappa shape index (κ1) is 15.8. The normalized spacial score (nSPS) is 17.3. The summed E-state index contributed by atoms with van der Waals surface area (Å²) >= 11 is 0. The smallest absolute Gasteiger partial charge is 0.411 e. The Bertz CT molecular complexity index is 545. The van der Waals surface area contributed by atoms with Gasteiger partial charge < -0.3 is 4.74 Å². The Morgan fingerprint density at radius 2 is 2.14 bits per heavy atom. The van der Waals surface area contributed by atoms with Crippen LogP contribution in [0, 0.1) is 5.92 Å². The first-order valence-corrected chi connectivity index (χ1v) is 7.16. The Labute approximate surface area is 129 Å². The molecule has 118 valence electrons. The summed E-state index contributed by atoms with van der Waals surface area (Å²) in [6.07, 6.45) is 0.945. The lowest BCUT2D eigenvalue weighted by Crippen LogP contribution is -2.53. The van der Waals surface area contributed by atoms with E-state index in [9.17, 15) is 9.59 Å². The molecule has 7 nitrogen and oxygen atoms in total. The molecule has 1 aliphatic heterocycles. The highest BCUT2D eigenvalue weighted by atomic mass is 16.5. The van der Waals surface area contributed by atoms with Gasteiger partial charge >= 0.3 is 6.09 Å². The zero-order chi connectivity index (χ0) is 15.9. The second-order valence-electron chi connectivity index (χ2n) is 5.21. The fourth-order valence-electron chi connectivity index (χ4n) is 2.01. The SMILES string of the molecule is CC(C)C1N=CNN(CCOC(=O)Nc2ccccc2)C1=O. The third-order valence-corrected chi connectivity index (χ3v) is 3.17. The van der Waals surface area contributed by atoms with Crippen LogP contribution in [0.4, 0.5) is 10.5 Å². The van der Waals surface area contributed by atoms with E-state index in [0.29, 0.717) is 5.69 Å². The fourth-order valence-corrected chi connectivity index (χ4v) is 2.01. The highest BCUT2D eigenvalue weighted by Gasteiger charge is 2.28. The monoisotopic (exact) mass is 304 g/mol. The summed E-state index contributed by atoms with van der Waals surface area (Å²) in [6, 6.07) is 8.63. The number of nitrogens with zero attached hydrogens (tertiary/aromatic N) is 2. The average Bonchev–Trinajstić information content (AvgIpc) is 2.49. The Morgan fingerprint density at radius 3 is 2.82 bits per heavy atom. The summed E-state index contributed by atoms with van der Waals surface area (Å²) in [4.78, 5) is 27.9. The molecule has 0 spiro atoms. The second kappa shape index (κ2) is 7.44. The molecule has 0 radical (unpaired) electrons. The minimum Gasteiger partial charge on any atom is -0.447 e. The van der Waals surface area contributed by atoms with Crippen molar-refractivity contribution >= 4 is 24.0 Å². The summed E-state index contributed by atoms with van der Waals surface area (Å²) in [5.74, 6) is 0.000199. The molecule has 0 aliphatic carbocycles. The van der Waals surface area contributed by atoms with E-state index < -0.39 is 6.09 Å². The van der Waals surface area contributed by atoms with Crippen LogP contribution in [0.25, 0.3) is 0 Å². The summed E-state index contributed by atoms with van der Waals surface area (Å²) in [5.41, 5.74) is 3.42. The molecule has 2 amide bonds. The first-order chi connectivity index (χ1) is 10.6. The van der Waals surface area contributed by atoms with E-state index in [1.54, 1.807) is 12.1 Å². The predicted molar refractivity (Wildman–Crippen MR) is 83.4 cm³/mol. The summed E-state index contributed by atoms with van der Waals surface area (Å²) < 4.78 is 5.06. The molecule has 1 heterocycles. The number of nitrogens with one attached hydrogen (secondary N) is 2. The van der Waals surface area contributed by atoms with Gasteiger partial charge in [0.2, 0.25) is 0 Å². The second-order valence-corrected chi connectivity index (χ2v) is 5.21. The van der Waals surface area contributed by atoms with Crippen molar-refractivity contribution < 1.29 is 14.3 Å². The molecule has 1 aliphatic rings. The van der Waals surface area contributed by atoms with Gasteiger partial charge in [-0.3, -0.25) is 25.5 Å². The van der Waals surface area contributed by atoms with Crippen molar-refractivity contribution in [1.82, 2.24) is 10.4 Å². The van der Waals surface area contributed by atoms with E-state index in [-0.39, 0.29) is 31.0 Å². The number of hydrogen-bond acceptors (Lipinski definition) is 5. The minimum atomic E-state index is -0.551. The maximum atomic E-state index is 12.1. The highest BCUT2D eigenvalue weighted by molar-refractivity contribution is 5.87. The van der Waals surface area contributed by atoms with Crippen LogP contribution in [0.5, 0.6) is 0 Å². The molecule has 1 aromatic rings. The lowest BCUT2D eigenvalue weighted by atomic mass is 10.0. The molecule has 0 saturated carbocycles. The Balaban J connectivity index is 1.75. The maximum Gasteiger partial charge on any atom is 0.411 e. The molecular formula is C15H20N4O3. The number of carbonyl (C=O) groups is 2. The number of para-hydroxylation sites is 1. The van der Waals surface area contributed by atoms with Crippen molar-refractivity contribution in [3.63, 3.8) is 0 Å². The standard InChI is InChI=1S/C15H20N4O3/c1-11(2)13-14(20)19(17-10-16-13)8-9-22-15(21)18-12-6-4-3-5-7-12/h3-7,10-11,13H,8-9H2,1-2H3,(H,16,17)(H,18,21). The number of aliphatic imine (C=N–C) groups is 1. The van der Waals surface area contributed by atoms with Crippen LogP contribution in [-0.2, 0) is 9.53 Å². The number of hydrazine groups is 1. The number of benzene rings is 1. The van der Waals surface area contributed by atoms with Gasteiger partial charge in [0.25, 0.3) is 5.91 Å². The largest absolute Gasteiger partial charge is 0.447 e. The lowest BCUT2D eigenvalue weighted by molar-refractivity contribution is -0.136. The van der Waals surface area contributed by atoms with Gasteiger partial charge in [0.05, 0.1) is 6.54 Å². The van der Waals surface area contributed by atoms with Crippen molar-refractivity contribution in [2.45, 2.75) is 19.9 Å². The molecular weight excluding hydrogens is 284 g/mol. The van der Waals surface area contributed by atoms with E-state index in [1.165, 1.54) is 11.3 Å². The van der Waals surface area contributed by atoms with Crippen LogP contribution in [0.1, 0.15) is 13.8 Å². The van der Waals surface area contributed by atoms with Gasteiger partial charge in [-0.05, 0) is 18.1 Å². The molecule has 0 fully saturated rings. The van der Waals surface area contributed by atoms with E-state index in [1.807, 2.05) is 32.0 Å². The summed E-state index contributed by atoms with van der Waals surface area (Å²) in [6.45, 7) is 4.23. The third-order valence-electron chi connectivity index (χ3n) is 3.17. The van der Waals surface area contributed by atoms with E-state index in [2.05, 4.69) is 15.7 Å². The van der Waals surface area contributed by atoms with Crippen molar-refractivity contribution in [3.8, 4) is 0 Å². The van der Waals surface area contributed by atoms with Crippen LogP contribution in [0.2, 0.25) is 0 Å². The van der Waals surface area contributed by atoms with Gasteiger partial charge in [0.15, 0.2) is 0 Å². The van der Waals surface area contributed by atoms with Crippen LogP contribution >= 0.6 is 0 Å². The van der Waals surface area contributed by atoms with Crippen LogP contribution in [0.3, 0.4) is 0 Å². The van der Waals surface area contributed by atoms with Gasteiger partial charge in [0, 0.05) is 5.69 Å². The van der Waals surface area contributed by atoms with Gasteiger partial charge in [-0.2, -0.15) is 0 Å². The molecule has 0 saturated heterocycles. The van der Waals surface area contributed by atoms with Gasteiger partial charge in [-0.25, -0.2) is 4.79 Å². The van der Waals surface area contributed by atoms with Crippen molar-refractivity contribution in [2.24, 2.45) is 10.9 Å².